The van der Waals surface area contributed by atoms with Crippen molar-refractivity contribution < 1.29 is 9.84 Å². The van der Waals surface area contributed by atoms with Crippen molar-refractivity contribution in [1.29, 1.82) is 0 Å². The minimum absolute atomic E-state index is 0.297. The number of hydrogen-bond acceptors (Lipinski definition) is 5. The van der Waals surface area contributed by atoms with Crippen LogP contribution in [0.5, 0.6) is 5.75 Å². The number of benzene rings is 2. The van der Waals surface area contributed by atoms with Crippen molar-refractivity contribution in [3.63, 3.8) is 0 Å². The summed E-state index contributed by atoms with van der Waals surface area (Å²) in [4.78, 5) is 2.03. The minimum atomic E-state index is 0.297. The molecule has 0 saturated carbocycles. The zero-order valence-corrected chi connectivity index (χ0v) is 13.2. The first kappa shape index (κ1) is 14.7. The molecule has 122 valence electrons. The largest absolute Gasteiger partial charge is 0.507 e. The van der Waals surface area contributed by atoms with Crippen LogP contribution in [-0.2, 0) is 4.74 Å². The predicted octanol–water partition coefficient (Wildman–Crippen LogP) is 2.87. The number of nitrogens with zero attached hydrogens (tertiary/aromatic N) is 1. The number of hydrogen-bond donors (Lipinski definition) is 3. The monoisotopic (exact) mass is 321 g/mol. The summed E-state index contributed by atoms with van der Waals surface area (Å²) in [7, 11) is 0. The Labute approximate surface area is 140 Å². The zero-order valence-electron chi connectivity index (χ0n) is 13.2. The van der Waals surface area contributed by atoms with Crippen molar-refractivity contribution in [2.24, 2.45) is 5.73 Å². The average molecular weight is 321 g/mol. The second-order valence-electron chi connectivity index (χ2n) is 5.85. The molecule has 0 amide bonds. The first-order valence-electron chi connectivity index (χ1n) is 7.95. The van der Waals surface area contributed by atoms with Crippen LogP contribution < -0.4 is 11.1 Å². The van der Waals surface area contributed by atoms with E-state index in [-0.39, 0.29) is 0 Å². The van der Waals surface area contributed by atoms with Gasteiger partial charge in [-0.2, -0.15) is 0 Å². The summed E-state index contributed by atoms with van der Waals surface area (Å²) in [6.45, 7) is 1.88. The normalized spacial score (nSPS) is 16.2. The molecule has 0 unspecified atom stereocenters. The zero-order chi connectivity index (χ0) is 16.5. The lowest BCUT2D eigenvalue weighted by atomic mass is 10.1. The highest BCUT2D eigenvalue weighted by atomic mass is 16.5. The second kappa shape index (κ2) is 5.94. The molecule has 0 saturated heterocycles. The van der Waals surface area contributed by atoms with Crippen LogP contribution in [0.2, 0.25) is 0 Å². The first-order valence-corrected chi connectivity index (χ1v) is 7.95. The second-order valence-corrected chi connectivity index (χ2v) is 5.85. The highest BCUT2D eigenvalue weighted by Crippen LogP contribution is 2.32. The van der Waals surface area contributed by atoms with E-state index in [1.165, 1.54) is 0 Å². The standard InChI is InChI=1S/C19H19N3O2/c20-7-9-22-8-6-16-17(12-24-19(16)11-22)21-14-4-5-15-13(10-14)2-1-3-18(15)23/h1-6,8,10-11,21,23H,7,9,12,20H2. The molecule has 24 heavy (non-hydrogen) atoms. The topological polar surface area (TPSA) is 70.8 Å². The number of fused-ring (bicyclic) bond motifs is 2. The number of rotatable bonds is 4. The van der Waals surface area contributed by atoms with Gasteiger partial charge in [-0.1, -0.05) is 12.1 Å². The summed E-state index contributed by atoms with van der Waals surface area (Å²) in [5, 5.41) is 15.2. The van der Waals surface area contributed by atoms with Crippen LogP contribution in [0.15, 0.2) is 71.9 Å². The third kappa shape index (κ3) is 2.59. The quantitative estimate of drug-likeness (QED) is 0.808. The van der Waals surface area contributed by atoms with E-state index in [4.69, 9.17) is 10.5 Å². The van der Waals surface area contributed by atoms with Crippen molar-refractivity contribution in [2.45, 2.75) is 0 Å². The summed E-state index contributed by atoms with van der Waals surface area (Å²) in [5.74, 6) is 1.16. The summed E-state index contributed by atoms with van der Waals surface area (Å²) in [5.41, 5.74) is 8.67. The van der Waals surface area contributed by atoms with Crippen molar-refractivity contribution in [1.82, 2.24) is 4.90 Å². The fourth-order valence-corrected chi connectivity index (χ4v) is 3.02. The summed E-state index contributed by atoms with van der Waals surface area (Å²) >= 11 is 0. The van der Waals surface area contributed by atoms with Crippen molar-refractivity contribution >= 4 is 16.5 Å². The van der Waals surface area contributed by atoms with Gasteiger partial charge < -0.3 is 25.8 Å². The van der Waals surface area contributed by atoms with Gasteiger partial charge in [0.05, 0.1) is 5.70 Å². The molecule has 2 heterocycles. The molecule has 0 spiro atoms. The lowest BCUT2D eigenvalue weighted by molar-refractivity contribution is 0.262. The Bertz CT molecular complexity index is 883. The van der Waals surface area contributed by atoms with Crippen molar-refractivity contribution in [2.75, 3.05) is 25.0 Å². The van der Waals surface area contributed by atoms with Crippen molar-refractivity contribution in [3.8, 4) is 5.75 Å². The number of allylic oxidation sites excluding steroid dienone is 1. The van der Waals surface area contributed by atoms with E-state index in [1.807, 2.05) is 53.7 Å². The number of phenols is 1. The van der Waals surface area contributed by atoms with E-state index >= 15 is 0 Å². The van der Waals surface area contributed by atoms with Crippen LogP contribution in [0.3, 0.4) is 0 Å². The molecule has 0 atom stereocenters. The van der Waals surface area contributed by atoms with Gasteiger partial charge in [-0.25, -0.2) is 0 Å². The van der Waals surface area contributed by atoms with Gasteiger partial charge in [-0.15, -0.1) is 0 Å². The number of ether oxygens (including phenoxy) is 1. The van der Waals surface area contributed by atoms with Gasteiger partial charge in [-0.3, -0.25) is 0 Å². The molecule has 0 radical (unpaired) electrons. The Kier molecular flexibility index (Phi) is 3.63. The van der Waals surface area contributed by atoms with Crippen LogP contribution >= 0.6 is 0 Å². The first-order chi connectivity index (χ1) is 11.7. The average Bonchev–Trinajstić information content (AvgIpc) is 2.98. The Morgan fingerprint density at radius 2 is 2.17 bits per heavy atom. The Balaban J connectivity index is 1.61. The predicted molar refractivity (Wildman–Crippen MR) is 95.2 cm³/mol. The molecule has 0 aromatic heterocycles. The Morgan fingerprint density at radius 1 is 1.25 bits per heavy atom. The summed E-state index contributed by atoms with van der Waals surface area (Å²) in [6.07, 6.45) is 6.04. The van der Waals surface area contributed by atoms with Crippen LogP contribution in [0, 0.1) is 0 Å². The minimum Gasteiger partial charge on any atom is -0.507 e. The molecule has 5 nitrogen and oxygen atoms in total. The Morgan fingerprint density at radius 3 is 3.04 bits per heavy atom. The number of nitrogens with two attached hydrogens (primary N) is 1. The molecule has 2 aromatic carbocycles. The summed E-state index contributed by atoms with van der Waals surface area (Å²) in [6, 6.07) is 11.4. The number of nitrogens with one attached hydrogen (secondary N) is 1. The van der Waals surface area contributed by atoms with E-state index in [0.29, 0.717) is 18.9 Å². The van der Waals surface area contributed by atoms with Crippen LogP contribution in [0.4, 0.5) is 5.69 Å². The summed E-state index contributed by atoms with van der Waals surface area (Å²) < 4.78 is 5.78. The van der Waals surface area contributed by atoms with Gasteiger partial charge in [0.15, 0.2) is 0 Å². The van der Waals surface area contributed by atoms with E-state index in [9.17, 15) is 5.11 Å². The maximum atomic E-state index is 9.89. The van der Waals surface area contributed by atoms with E-state index in [1.54, 1.807) is 6.07 Å². The molecule has 0 aliphatic carbocycles. The molecule has 2 aliphatic rings. The molecule has 5 heteroatoms. The molecule has 4 rings (SSSR count). The molecule has 0 bridgehead atoms. The molecular formula is C19H19N3O2. The van der Waals surface area contributed by atoms with Gasteiger partial charge in [0.1, 0.15) is 18.1 Å². The van der Waals surface area contributed by atoms with Gasteiger partial charge in [0.25, 0.3) is 0 Å². The van der Waals surface area contributed by atoms with Crippen LogP contribution in [-0.4, -0.2) is 29.7 Å². The van der Waals surface area contributed by atoms with Gasteiger partial charge in [0.2, 0.25) is 0 Å². The molecule has 2 aromatic rings. The maximum Gasteiger partial charge on any atom is 0.145 e. The van der Waals surface area contributed by atoms with Crippen LogP contribution in [0.1, 0.15) is 0 Å². The van der Waals surface area contributed by atoms with Gasteiger partial charge >= 0.3 is 0 Å². The number of anilines is 1. The fraction of sp³-hybridized carbons (Fsp3) is 0.158. The van der Waals surface area contributed by atoms with Gasteiger partial charge in [0, 0.05) is 42.1 Å². The van der Waals surface area contributed by atoms with Gasteiger partial charge in [-0.05, 0) is 35.7 Å². The molecule has 2 aliphatic heterocycles. The van der Waals surface area contributed by atoms with E-state index < -0.39 is 0 Å². The van der Waals surface area contributed by atoms with E-state index in [2.05, 4.69) is 5.32 Å². The lowest BCUT2D eigenvalue weighted by Crippen LogP contribution is -2.21. The Hall–Kier alpha value is -2.92. The third-order valence-corrected chi connectivity index (χ3v) is 4.22. The molecule has 4 N–H and O–H groups in total. The highest BCUT2D eigenvalue weighted by molar-refractivity contribution is 5.90. The SMILES string of the molecule is NCCN1C=CC2=C(Nc3ccc4c(O)cccc4c3)COC2=C1. The highest BCUT2D eigenvalue weighted by Gasteiger charge is 2.23. The van der Waals surface area contributed by atoms with Crippen LogP contribution in [0.25, 0.3) is 10.8 Å². The smallest absolute Gasteiger partial charge is 0.145 e. The van der Waals surface area contributed by atoms with E-state index in [0.717, 1.165) is 40.0 Å². The van der Waals surface area contributed by atoms with Crippen molar-refractivity contribution in [3.05, 3.63) is 71.9 Å². The lowest BCUT2D eigenvalue weighted by Gasteiger charge is -2.19. The fourth-order valence-electron chi connectivity index (χ4n) is 3.02. The molecule has 0 fully saturated rings. The maximum absolute atomic E-state index is 9.89. The number of aromatic hydroxyl groups is 1. The third-order valence-electron chi connectivity index (χ3n) is 4.22. The molecular weight excluding hydrogens is 302 g/mol. The number of phenolic OH excluding ortho intramolecular Hbond substituents is 1.